The van der Waals surface area contributed by atoms with Crippen LogP contribution in [0.15, 0.2) is 18.2 Å². The van der Waals surface area contributed by atoms with Gasteiger partial charge in [0.2, 0.25) is 0 Å². The van der Waals surface area contributed by atoms with Crippen molar-refractivity contribution < 1.29 is 14.3 Å². The molecule has 0 aliphatic heterocycles. The second-order valence-electron chi connectivity index (χ2n) is 5.33. The second kappa shape index (κ2) is 5.21. The minimum Gasteiger partial charge on any atom is -0.490 e. The number of methoxy groups -OCH3 is 1. The van der Waals surface area contributed by atoms with Gasteiger partial charge in [-0.05, 0) is 43.9 Å². The number of hydrogen-bond donors (Lipinski definition) is 1. The molecular weight excluding hydrogens is 242 g/mol. The van der Waals surface area contributed by atoms with Crippen molar-refractivity contribution in [2.45, 2.75) is 44.8 Å². The van der Waals surface area contributed by atoms with Crippen LogP contribution in [-0.4, -0.2) is 24.7 Å². The highest BCUT2D eigenvalue weighted by molar-refractivity contribution is 5.80. The van der Waals surface area contributed by atoms with E-state index < -0.39 is 5.54 Å². The second-order valence-corrected chi connectivity index (χ2v) is 5.33. The Morgan fingerprint density at radius 3 is 2.84 bits per heavy atom. The third kappa shape index (κ3) is 2.73. The summed E-state index contributed by atoms with van der Waals surface area (Å²) in [5.74, 6) is 0.527. The molecule has 0 amide bonds. The molecule has 0 saturated heterocycles. The molecule has 1 fully saturated rings. The van der Waals surface area contributed by atoms with Gasteiger partial charge in [-0.1, -0.05) is 12.1 Å². The number of ether oxygens (including phenoxy) is 2. The molecule has 0 aromatic heterocycles. The Morgan fingerprint density at radius 1 is 1.42 bits per heavy atom. The van der Waals surface area contributed by atoms with Gasteiger partial charge in [-0.25, -0.2) is 0 Å². The summed E-state index contributed by atoms with van der Waals surface area (Å²) in [5.41, 5.74) is 7.51. The summed E-state index contributed by atoms with van der Waals surface area (Å²) < 4.78 is 10.7. The van der Waals surface area contributed by atoms with Gasteiger partial charge in [0.25, 0.3) is 0 Å². The minimum atomic E-state index is -0.892. The van der Waals surface area contributed by atoms with E-state index >= 15 is 0 Å². The molecule has 1 saturated carbocycles. The molecule has 1 aromatic rings. The first kappa shape index (κ1) is 13.9. The number of carbonyl (C=O) groups excluding carboxylic acids is 1. The first-order valence-corrected chi connectivity index (χ1v) is 6.56. The number of aryl methyl sites for hydroxylation is 1. The van der Waals surface area contributed by atoms with E-state index in [1.165, 1.54) is 12.7 Å². The zero-order chi connectivity index (χ0) is 14.0. The molecular formula is C15H21NO3. The Kier molecular flexibility index (Phi) is 3.80. The highest BCUT2D eigenvalue weighted by Gasteiger charge is 2.44. The molecule has 0 heterocycles. The van der Waals surface area contributed by atoms with E-state index in [4.69, 9.17) is 15.2 Å². The molecule has 2 atom stereocenters. The van der Waals surface area contributed by atoms with E-state index in [0.717, 1.165) is 17.7 Å². The zero-order valence-corrected chi connectivity index (χ0v) is 11.7. The van der Waals surface area contributed by atoms with Crippen LogP contribution in [0.3, 0.4) is 0 Å². The van der Waals surface area contributed by atoms with Gasteiger partial charge in [-0.15, -0.1) is 0 Å². The summed E-state index contributed by atoms with van der Waals surface area (Å²) in [7, 11) is 1.37. The molecule has 0 radical (unpaired) electrons. The molecule has 1 aliphatic rings. The van der Waals surface area contributed by atoms with Gasteiger partial charge in [0, 0.05) is 6.42 Å². The standard InChI is InChI=1S/C15H21NO3/c1-10-5-4-6-13(11(10)2)19-12-7-8-15(16,9-12)14(17)18-3/h4-6,12H,7-9,16H2,1-3H3. The lowest BCUT2D eigenvalue weighted by molar-refractivity contribution is -0.147. The molecule has 2 unspecified atom stereocenters. The van der Waals surface area contributed by atoms with Gasteiger partial charge in [0.05, 0.1) is 7.11 Å². The minimum absolute atomic E-state index is 0.0235. The van der Waals surface area contributed by atoms with Crippen LogP contribution in [0.5, 0.6) is 5.75 Å². The average molecular weight is 263 g/mol. The van der Waals surface area contributed by atoms with E-state index in [9.17, 15) is 4.79 Å². The first-order chi connectivity index (χ1) is 8.96. The van der Waals surface area contributed by atoms with Gasteiger partial charge in [0.1, 0.15) is 17.4 Å². The number of nitrogens with two attached hydrogens (primary N) is 1. The maximum absolute atomic E-state index is 11.7. The monoisotopic (exact) mass is 263 g/mol. The summed E-state index contributed by atoms with van der Waals surface area (Å²) in [6, 6.07) is 5.98. The van der Waals surface area contributed by atoms with Crippen LogP contribution in [-0.2, 0) is 9.53 Å². The van der Waals surface area contributed by atoms with Crippen LogP contribution in [0.4, 0.5) is 0 Å². The molecule has 0 spiro atoms. The van der Waals surface area contributed by atoms with Crippen molar-refractivity contribution in [3.63, 3.8) is 0 Å². The smallest absolute Gasteiger partial charge is 0.325 e. The van der Waals surface area contributed by atoms with Crippen molar-refractivity contribution in [2.75, 3.05) is 7.11 Å². The van der Waals surface area contributed by atoms with Crippen molar-refractivity contribution in [2.24, 2.45) is 5.73 Å². The highest BCUT2D eigenvalue weighted by atomic mass is 16.5. The van der Waals surface area contributed by atoms with Crippen molar-refractivity contribution in [3.8, 4) is 5.75 Å². The van der Waals surface area contributed by atoms with Crippen molar-refractivity contribution in [3.05, 3.63) is 29.3 Å². The van der Waals surface area contributed by atoms with Crippen molar-refractivity contribution in [1.29, 1.82) is 0 Å². The topological polar surface area (TPSA) is 61.5 Å². The van der Waals surface area contributed by atoms with Crippen molar-refractivity contribution >= 4 is 5.97 Å². The fourth-order valence-corrected chi connectivity index (χ4v) is 2.55. The molecule has 4 heteroatoms. The zero-order valence-electron chi connectivity index (χ0n) is 11.7. The van der Waals surface area contributed by atoms with Gasteiger partial charge in [-0.2, -0.15) is 0 Å². The van der Waals surface area contributed by atoms with Gasteiger partial charge < -0.3 is 15.2 Å². The molecule has 1 aromatic carbocycles. The number of carbonyl (C=O) groups is 1. The summed E-state index contributed by atoms with van der Waals surface area (Å²) in [4.78, 5) is 11.7. The Hall–Kier alpha value is -1.55. The lowest BCUT2D eigenvalue weighted by Crippen LogP contribution is -2.47. The molecule has 4 nitrogen and oxygen atoms in total. The quantitative estimate of drug-likeness (QED) is 0.848. The third-order valence-electron chi connectivity index (χ3n) is 3.94. The SMILES string of the molecule is COC(=O)C1(N)CCC(Oc2cccc(C)c2C)C1. The number of rotatable bonds is 3. The summed E-state index contributed by atoms with van der Waals surface area (Å²) in [6.07, 6.45) is 1.87. The Balaban J connectivity index is 2.06. The van der Waals surface area contributed by atoms with Crippen LogP contribution in [0.2, 0.25) is 0 Å². The highest BCUT2D eigenvalue weighted by Crippen LogP contribution is 2.33. The van der Waals surface area contributed by atoms with E-state index in [0.29, 0.717) is 12.8 Å². The van der Waals surface area contributed by atoms with E-state index in [-0.39, 0.29) is 12.1 Å². The van der Waals surface area contributed by atoms with E-state index in [1.807, 2.05) is 19.1 Å². The number of benzene rings is 1. The Labute approximate surface area is 113 Å². The molecule has 0 bridgehead atoms. The average Bonchev–Trinajstić information content (AvgIpc) is 2.77. The summed E-state index contributed by atoms with van der Waals surface area (Å²) >= 11 is 0. The van der Waals surface area contributed by atoms with Crippen LogP contribution >= 0.6 is 0 Å². The predicted molar refractivity (Wildman–Crippen MR) is 73.1 cm³/mol. The fourth-order valence-electron chi connectivity index (χ4n) is 2.55. The fraction of sp³-hybridized carbons (Fsp3) is 0.533. The lowest BCUT2D eigenvalue weighted by atomic mass is 10.00. The Bertz CT molecular complexity index is 486. The van der Waals surface area contributed by atoms with E-state index in [1.54, 1.807) is 0 Å². The van der Waals surface area contributed by atoms with Gasteiger partial charge in [-0.3, -0.25) is 4.79 Å². The van der Waals surface area contributed by atoms with Gasteiger partial charge >= 0.3 is 5.97 Å². The van der Waals surface area contributed by atoms with Crippen molar-refractivity contribution in [1.82, 2.24) is 0 Å². The largest absolute Gasteiger partial charge is 0.490 e. The maximum atomic E-state index is 11.7. The normalized spacial score (nSPS) is 26.2. The predicted octanol–water partition coefficient (Wildman–Crippen LogP) is 2.11. The Morgan fingerprint density at radius 2 is 2.16 bits per heavy atom. The van der Waals surface area contributed by atoms with Crippen LogP contribution in [0, 0.1) is 13.8 Å². The molecule has 104 valence electrons. The van der Waals surface area contributed by atoms with Crippen LogP contribution < -0.4 is 10.5 Å². The number of esters is 1. The third-order valence-corrected chi connectivity index (χ3v) is 3.94. The summed E-state index contributed by atoms with van der Waals surface area (Å²) in [6.45, 7) is 4.09. The molecule has 1 aliphatic carbocycles. The molecule has 2 N–H and O–H groups in total. The molecule has 2 rings (SSSR count). The first-order valence-electron chi connectivity index (χ1n) is 6.56. The van der Waals surface area contributed by atoms with E-state index in [2.05, 4.69) is 13.0 Å². The maximum Gasteiger partial charge on any atom is 0.325 e. The van der Waals surface area contributed by atoms with Crippen LogP contribution in [0.1, 0.15) is 30.4 Å². The van der Waals surface area contributed by atoms with Crippen LogP contribution in [0.25, 0.3) is 0 Å². The van der Waals surface area contributed by atoms with Gasteiger partial charge in [0.15, 0.2) is 0 Å². The molecule has 19 heavy (non-hydrogen) atoms. The number of hydrogen-bond acceptors (Lipinski definition) is 4. The lowest BCUT2D eigenvalue weighted by Gasteiger charge is -2.21. The summed E-state index contributed by atoms with van der Waals surface area (Å²) in [5, 5.41) is 0.